The van der Waals surface area contributed by atoms with E-state index in [2.05, 4.69) is 0 Å². The molecule has 0 radical (unpaired) electrons. The Morgan fingerprint density at radius 2 is 1.00 bits per heavy atom. The van der Waals surface area contributed by atoms with Gasteiger partial charge in [-0.2, -0.15) is 0 Å². The third-order valence-corrected chi connectivity index (χ3v) is 1.69. The summed E-state index contributed by atoms with van der Waals surface area (Å²) < 4.78 is 9.75. The summed E-state index contributed by atoms with van der Waals surface area (Å²) in [5.74, 6) is 0.339. The highest BCUT2D eigenvalue weighted by Gasteiger charge is 1.86. The van der Waals surface area contributed by atoms with Gasteiger partial charge in [0.05, 0.1) is 39.6 Å². The maximum atomic E-state index is 8.65. The Morgan fingerprint density at radius 1 is 0.667 bits per heavy atom. The van der Waals surface area contributed by atoms with E-state index in [4.69, 9.17) is 29.9 Å². The zero-order valence-electron chi connectivity index (χ0n) is 10.2. The van der Waals surface area contributed by atoms with Gasteiger partial charge in [-0.3, -0.25) is 0 Å². The molecule has 18 heavy (non-hydrogen) atoms. The molecule has 0 fully saturated rings. The van der Waals surface area contributed by atoms with Crippen LogP contribution in [-0.4, -0.2) is 60.1 Å². The summed E-state index contributed by atoms with van der Waals surface area (Å²) in [7, 11) is 0. The van der Waals surface area contributed by atoms with Crippen LogP contribution in [0.15, 0.2) is 24.3 Å². The first-order valence-corrected chi connectivity index (χ1v) is 5.56. The van der Waals surface area contributed by atoms with Gasteiger partial charge in [0.2, 0.25) is 0 Å². The minimum Gasteiger partial charge on any atom is -0.508 e. The minimum absolute atomic E-state index is 0.0417. The van der Waals surface area contributed by atoms with E-state index in [1.165, 1.54) is 24.3 Å². The van der Waals surface area contributed by atoms with Crippen LogP contribution in [0, 0.1) is 0 Å². The Morgan fingerprint density at radius 3 is 1.28 bits per heavy atom. The lowest BCUT2D eigenvalue weighted by molar-refractivity contribution is 0.0222. The second-order valence-corrected chi connectivity index (χ2v) is 3.19. The van der Waals surface area contributed by atoms with Gasteiger partial charge in [0.25, 0.3) is 0 Å². The smallest absolute Gasteiger partial charge is 0.115 e. The van der Waals surface area contributed by atoms with Crippen LogP contribution in [0.5, 0.6) is 11.5 Å². The summed E-state index contributed by atoms with van der Waals surface area (Å²) in [6.45, 7) is 1.73. The zero-order valence-corrected chi connectivity index (χ0v) is 10.2. The summed E-state index contributed by atoms with van der Waals surface area (Å²) in [6.07, 6.45) is 0. The third-order valence-electron chi connectivity index (χ3n) is 1.69. The molecule has 6 heteroatoms. The molecule has 4 N–H and O–H groups in total. The van der Waals surface area contributed by atoms with E-state index in [1.807, 2.05) is 0 Å². The summed E-state index contributed by atoms with van der Waals surface area (Å²) in [4.78, 5) is 0. The molecule has 1 rings (SSSR count). The van der Waals surface area contributed by atoms with E-state index in [0.29, 0.717) is 26.4 Å². The Balaban J connectivity index is 0.000000327. The second kappa shape index (κ2) is 12.1. The fourth-order valence-electron chi connectivity index (χ4n) is 0.904. The fraction of sp³-hybridized carbons (Fsp3) is 0.500. The number of phenolic OH excluding ortho intramolecular Hbond substituents is 2. The number of phenols is 2. The van der Waals surface area contributed by atoms with Gasteiger partial charge < -0.3 is 29.9 Å². The van der Waals surface area contributed by atoms with Gasteiger partial charge in [0.1, 0.15) is 11.5 Å². The van der Waals surface area contributed by atoms with E-state index < -0.39 is 0 Å². The molecule has 0 aliphatic carbocycles. The monoisotopic (exact) mass is 260 g/mol. The normalized spacial score (nSPS) is 9.67. The van der Waals surface area contributed by atoms with Crippen LogP contribution in [0.4, 0.5) is 0 Å². The SMILES string of the molecule is OCCOCCOCCO.Oc1ccc(O)cc1. The average Bonchev–Trinajstić information content (AvgIpc) is 2.38. The molecule has 0 aromatic heterocycles. The molecule has 0 unspecified atom stereocenters. The van der Waals surface area contributed by atoms with Crippen molar-refractivity contribution in [1.82, 2.24) is 0 Å². The van der Waals surface area contributed by atoms with Crippen molar-refractivity contribution < 1.29 is 29.9 Å². The maximum Gasteiger partial charge on any atom is 0.115 e. The predicted molar refractivity (Wildman–Crippen MR) is 65.6 cm³/mol. The van der Waals surface area contributed by atoms with Crippen LogP contribution in [0.2, 0.25) is 0 Å². The zero-order chi connectivity index (χ0) is 13.6. The van der Waals surface area contributed by atoms with Crippen molar-refractivity contribution in [3.63, 3.8) is 0 Å². The van der Waals surface area contributed by atoms with Gasteiger partial charge in [0, 0.05) is 0 Å². The number of hydrogen-bond acceptors (Lipinski definition) is 6. The first-order chi connectivity index (χ1) is 8.70. The molecule has 0 saturated heterocycles. The van der Waals surface area contributed by atoms with E-state index >= 15 is 0 Å². The largest absolute Gasteiger partial charge is 0.508 e. The minimum atomic E-state index is 0.0417. The van der Waals surface area contributed by atoms with Crippen molar-refractivity contribution in [1.29, 1.82) is 0 Å². The van der Waals surface area contributed by atoms with E-state index in [9.17, 15) is 0 Å². The van der Waals surface area contributed by atoms with Gasteiger partial charge in [-0.05, 0) is 24.3 Å². The predicted octanol–water partition coefficient (Wildman–Crippen LogP) is 0.102. The molecule has 0 aliphatic heterocycles. The van der Waals surface area contributed by atoms with Crippen LogP contribution in [0.1, 0.15) is 0 Å². The van der Waals surface area contributed by atoms with Crippen molar-refractivity contribution in [2.45, 2.75) is 0 Å². The first kappa shape index (κ1) is 16.7. The lowest BCUT2D eigenvalue weighted by Crippen LogP contribution is -2.09. The van der Waals surface area contributed by atoms with Crippen molar-refractivity contribution in [2.24, 2.45) is 0 Å². The summed E-state index contributed by atoms with van der Waals surface area (Å²) in [6, 6.07) is 5.70. The van der Waals surface area contributed by atoms with Crippen molar-refractivity contribution in [2.75, 3.05) is 39.6 Å². The Bertz CT molecular complexity index is 245. The molecule has 0 aliphatic rings. The summed E-state index contributed by atoms with van der Waals surface area (Å²) in [5.41, 5.74) is 0. The fourth-order valence-corrected chi connectivity index (χ4v) is 0.904. The molecule has 0 heterocycles. The number of aromatic hydroxyl groups is 2. The van der Waals surface area contributed by atoms with Gasteiger partial charge >= 0.3 is 0 Å². The van der Waals surface area contributed by atoms with Crippen LogP contribution in [0.25, 0.3) is 0 Å². The number of rotatable bonds is 7. The number of aliphatic hydroxyl groups excluding tert-OH is 2. The van der Waals surface area contributed by atoms with Crippen LogP contribution in [-0.2, 0) is 9.47 Å². The molecule has 0 spiro atoms. The highest BCUT2D eigenvalue weighted by molar-refractivity contribution is 5.28. The van der Waals surface area contributed by atoms with Gasteiger partial charge in [-0.1, -0.05) is 0 Å². The summed E-state index contributed by atoms with van der Waals surface area (Å²) in [5, 5.41) is 33.8. The lowest BCUT2D eigenvalue weighted by Gasteiger charge is -2.01. The van der Waals surface area contributed by atoms with E-state index in [-0.39, 0.29) is 24.7 Å². The average molecular weight is 260 g/mol. The number of benzene rings is 1. The quantitative estimate of drug-likeness (QED) is 0.410. The van der Waals surface area contributed by atoms with Gasteiger partial charge in [0.15, 0.2) is 0 Å². The molecule has 104 valence electrons. The molecule has 1 aromatic carbocycles. The second-order valence-electron chi connectivity index (χ2n) is 3.19. The van der Waals surface area contributed by atoms with Crippen molar-refractivity contribution in [3.8, 4) is 11.5 Å². The van der Waals surface area contributed by atoms with Crippen LogP contribution >= 0.6 is 0 Å². The first-order valence-electron chi connectivity index (χ1n) is 5.56. The van der Waals surface area contributed by atoms with Crippen LogP contribution < -0.4 is 0 Å². The third kappa shape index (κ3) is 11.2. The highest BCUT2D eigenvalue weighted by Crippen LogP contribution is 2.13. The summed E-state index contributed by atoms with van der Waals surface area (Å²) >= 11 is 0. The molecular formula is C12H20O6. The molecule has 0 atom stereocenters. The number of ether oxygens (including phenoxy) is 2. The maximum absolute atomic E-state index is 8.65. The van der Waals surface area contributed by atoms with E-state index in [0.717, 1.165) is 0 Å². The molecule has 6 nitrogen and oxygen atoms in total. The number of hydrogen-bond donors (Lipinski definition) is 4. The van der Waals surface area contributed by atoms with Gasteiger partial charge in [-0.15, -0.1) is 0 Å². The lowest BCUT2D eigenvalue weighted by atomic mass is 10.3. The van der Waals surface area contributed by atoms with E-state index in [1.54, 1.807) is 0 Å². The topological polar surface area (TPSA) is 99.4 Å². The number of aliphatic hydroxyl groups is 2. The highest BCUT2D eigenvalue weighted by atomic mass is 16.5. The Kier molecular flexibility index (Phi) is 11.2. The standard InChI is InChI=1S/C6H14O4.C6H6O2/c7-1-3-9-5-6-10-4-2-8;7-5-1-2-6(8)4-3-5/h7-8H,1-6H2;1-4,7-8H. The van der Waals surface area contributed by atoms with Gasteiger partial charge in [-0.25, -0.2) is 0 Å². The molecular weight excluding hydrogens is 240 g/mol. The molecule has 0 bridgehead atoms. The molecule has 0 amide bonds. The molecule has 0 saturated carbocycles. The Hall–Kier alpha value is -1.34. The molecule has 1 aromatic rings. The van der Waals surface area contributed by atoms with Crippen molar-refractivity contribution in [3.05, 3.63) is 24.3 Å². The van der Waals surface area contributed by atoms with Crippen molar-refractivity contribution >= 4 is 0 Å². The van der Waals surface area contributed by atoms with Crippen LogP contribution in [0.3, 0.4) is 0 Å². The Labute approximate surface area is 106 Å².